The fraction of sp³-hybridized carbons (Fsp3) is 0.450. The maximum absolute atomic E-state index is 13.1. The minimum atomic E-state index is 0.194. The Kier molecular flexibility index (Phi) is 3.76. The van der Waals surface area contributed by atoms with Gasteiger partial charge in [-0.05, 0) is 37.8 Å². The number of hydrogen-bond donors (Lipinski definition) is 0. The average molecular weight is 349 g/mol. The zero-order valence-corrected chi connectivity index (χ0v) is 14.8. The summed E-state index contributed by atoms with van der Waals surface area (Å²) in [6.07, 6.45) is 10.2. The molecule has 1 saturated carbocycles. The molecule has 0 N–H and O–H groups in total. The van der Waals surface area contributed by atoms with Crippen molar-refractivity contribution in [3.63, 3.8) is 0 Å². The van der Waals surface area contributed by atoms with Crippen LogP contribution in [0.15, 0.2) is 43.0 Å². The fourth-order valence-corrected chi connectivity index (χ4v) is 4.06. The number of rotatable bonds is 4. The Morgan fingerprint density at radius 3 is 2.88 bits per heavy atom. The van der Waals surface area contributed by atoms with Gasteiger partial charge in [0.15, 0.2) is 0 Å². The highest BCUT2D eigenvalue weighted by molar-refractivity contribution is 5.81. The van der Waals surface area contributed by atoms with Gasteiger partial charge in [-0.2, -0.15) is 0 Å². The second-order valence-electron chi connectivity index (χ2n) is 7.46. The summed E-state index contributed by atoms with van der Waals surface area (Å²) in [5, 5.41) is 0. The van der Waals surface area contributed by atoms with E-state index >= 15 is 0 Å². The molecule has 5 rings (SSSR count). The normalized spacial score (nSPS) is 20.6. The summed E-state index contributed by atoms with van der Waals surface area (Å²) in [7, 11) is 0. The molecule has 1 aliphatic carbocycles. The molecule has 6 heteroatoms. The summed E-state index contributed by atoms with van der Waals surface area (Å²) >= 11 is 0. The van der Waals surface area contributed by atoms with E-state index in [4.69, 9.17) is 4.98 Å². The molecule has 3 heterocycles. The van der Waals surface area contributed by atoms with E-state index in [9.17, 15) is 4.79 Å². The van der Waals surface area contributed by atoms with E-state index in [2.05, 4.69) is 20.2 Å². The van der Waals surface area contributed by atoms with E-state index in [1.807, 2.05) is 35.6 Å². The number of carbonyl (C=O) groups is 1. The van der Waals surface area contributed by atoms with Gasteiger partial charge < -0.3 is 14.0 Å². The molecule has 26 heavy (non-hydrogen) atoms. The number of nitrogens with zero attached hydrogens (tertiary/aromatic N) is 5. The van der Waals surface area contributed by atoms with Gasteiger partial charge in [-0.15, -0.1) is 0 Å². The van der Waals surface area contributed by atoms with Crippen molar-refractivity contribution in [2.45, 2.75) is 44.2 Å². The van der Waals surface area contributed by atoms with Gasteiger partial charge in [-0.3, -0.25) is 4.79 Å². The Labute approximate surface area is 152 Å². The number of benzene rings is 1. The first-order chi connectivity index (χ1) is 12.8. The zero-order chi connectivity index (χ0) is 17.5. The van der Waals surface area contributed by atoms with Crippen molar-refractivity contribution in [2.75, 3.05) is 13.1 Å². The Hall–Kier alpha value is -2.63. The van der Waals surface area contributed by atoms with Gasteiger partial charge in [0.25, 0.3) is 0 Å². The molecule has 1 amide bonds. The van der Waals surface area contributed by atoms with E-state index in [0.29, 0.717) is 18.5 Å². The van der Waals surface area contributed by atoms with E-state index in [0.717, 1.165) is 42.8 Å². The first-order valence-electron chi connectivity index (χ1n) is 9.50. The smallest absolute Gasteiger partial charge is 0.242 e. The predicted molar refractivity (Wildman–Crippen MR) is 98.8 cm³/mol. The third kappa shape index (κ3) is 2.79. The van der Waals surface area contributed by atoms with Crippen LogP contribution in [0.2, 0.25) is 0 Å². The van der Waals surface area contributed by atoms with Crippen LogP contribution >= 0.6 is 0 Å². The first kappa shape index (κ1) is 15.6. The van der Waals surface area contributed by atoms with Crippen LogP contribution in [0, 0.1) is 0 Å². The lowest BCUT2D eigenvalue weighted by atomic mass is 10.1. The van der Waals surface area contributed by atoms with Crippen molar-refractivity contribution in [1.82, 2.24) is 24.0 Å². The van der Waals surface area contributed by atoms with Gasteiger partial charge in [-0.1, -0.05) is 12.1 Å². The monoisotopic (exact) mass is 349 g/mol. The molecule has 6 nitrogen and oxygen atoms in total. The average Bonchev–Trinajstić information content (AvgIpc) is 3.25. The molecule has 0 unspecified atom stereocenters. The highest BCUT2D eigenvalue weighted by Crippen LogP contribution is 2.40. The van der Waals surface area contributed by atoms with Crippen molar-refractivity contribution in [3.05, 3.63) is 48.8 Å². The van der Waals surface area contributed by atoms with Crippen LogP contribution in [-0.2, 0) is 11.3 Å². The maximum Gasteiger partial charge on any atom is 0.242 e. The molecular weight excluding hydrogens is 326 g/mol. The molecule has 2 fully saturated rings. The maximum atomic E-state index is 13.1. The van der Waals surface area contributed by atoms with Crippen molar-refractivity contribution in [1.29, 1.82) is 0 Å². The Bertz CT molecular complexity index is 925. The van der Waals surface area contributed by atoms with Crippen molar-refractivity contribution in [2.24, 2.45) is 0 Å². The predicted octanol–water partition coefficient (Wildman–Crippen LogP) is 2.97. The number of aromatic nitrogens is 4. The molecule has 0 spiro atoms. The van der Waals surface area contributed by atoms with Gasteiger partial charge in [-0.25, -0.2) is 9.97 Å². The third-order valence-corrected chi connectivity index (χ3v) is 5.62. The van der Waals surface area contributed by atoms with Gasteiger partial charge in [0, 0.05) is 31.4 Å². The third-order valence-electron chi connectivity index (χ3n) is 5.62. The van der Waals surface area contributed by atoms with E-state index in [1.54, 1.807) is 6.20 Å². The SMILES string of the molecule is O=C(Cn1c(C2CC2)nc2ccccc21)N1CCC[C@H](n2ccnc2)C1. The lowest BCUT2D eigenvalue weighted by molar-refractivity contribution is -0.133. The molecule has 1 aliphatic heterocycles. The quantitative estimate of drug-likeness (QED) is 0.728. The summed E-state index contributed by atoms with van der Waals surface area (Å²) in [5.41, 5.74) is 2.07. The van der Waals surface area contributed by atoms with Gasteiger partial charge >= 0.3 is 0 Å². The molecule has 0 radical (unpaired) electrons. The summed E-state index contributed by atoms with van der Waals surface area (Å²) in [4.78, 5) is 24.0. The van der Waals surface area contributed by atoms with Gasteiger partial charge in [0.05, 0.1) is 23.4 Å². The van der Waals surface area contributed by atoms with Crippen LogP contribution in [-0.4, -0.2) is 43.0 Å². The van der Waals surface area contributed by atoms with E-state index < -0.39 is 0 Å². The first-order valence-corrected chi connectivity index (χ1v) is 9.50. The van der Waals surface area contributed by atoms with Crippen LogP contribution in [0.3, 0.4) is 0 Å². The number of carbonyl (C=O) groups excluding carboxylic acids is 1. The molecule has 2 aliphatic rings. The standard InChI is InChI=1S/C20H23N5O/c26-19(23-10-3-4-16(12-23)24-11-9-21-14-24)13-25-18-6-2-1-5-17(18)22-20(25)15-7-8-15/h1-2,5-6,9,11,14-16H,3-4,7-8,10,12-13H2/t16-/m0/s1. The number of para-hydroxylation sites is 2. The Morgan fingerprint density at radius 2 is 2.08 bits per heavy atom. The van der Waals surface area contributed by atoms with Crippen LogP contribution in [0.25, 0.3) is 11.0 Å². The molecular formula is C20H23N5O. The summed E-state index contributed by atoms with van der Waals surface area (Å²) < 4.78 is 4.28. The zero-order valence-electron chi connectivity index (χ0n) is 14.8. The molecule has 1 atom stereocenters. The fourth-order valence-electron chi connectivity index (χ4n) is 4.06. The second kappa shape index (κ2) is 6.27. The number of piperidine rings is 1. The second-order valence-corrected chi connectivity index (χ2v) is 7.46. The molecule has 0 bridgehead atoms. The van der Waals surface area contributed by atoms with Crippen LogP contribution in [0.5, 0.6) is 0 Å². The molecule has 3 aromatic rings. The summed E-state index contributed by atoms with van der Waals surface area (Å²) in [5.74, 6) is 1.80. The summed E-state index contributed by atoms with van der Waals surface area (Å²) in [6.45, 7) is 2.00. The summed E-state index contributed by atoms with van der Waals surface area (Å²) in [6, 6.07) is 8.48. The number of fused-ring (bicyclic) bond motifs is 1. The molecule has 1 aromatic carbocycles. The molecule has 1 saturated heterocycles. The Morgan fingerprint density at radius 1 is 1.19 bits per heavy atom. The van der Waals surface area contributed by atoms with E-state index in [1.165, 1.54) is 12.8 Å². The molecule has 134 valence electrons. The minimum Gasteiger partial charge on any atom is -0.339 e. The van der Waals surface area contributed by atoms with Crippen molar-refractivity contribution >= 4 is 16.9 Å². The Balaban J connectivity index is 1.38. The lowest BCUT2D eigenvalue weighted by Gasteiger charge is -2.33. The number of imidazole rings is 2. The highest BCUT2D eigenvalue weighted by atomic mass is 16.2. The van der Waals surface area contributed by atoms with Crippen molar-refractivity contribution in [3.8, 4) is 0 Å². The highest BCUT2D eigenvalue weighted by Gasteiger charge is 2.31. The van der Waals surface area contributed by atoms with Crippen LogP contribution in [0.1, 0.15) is 43.5 Å². The number of hydrogen-bond acceptors (Lipinski definition) is 3. The van der Waals surface area contributed by atoms with Gasteiger partial charge in [0.1, 0.15) is 12.4 Å². The van der Waals surface area contributed by atoms with Crippen LogP contribution < -0.4 is 0 Å². The number of amides is 1. The molecule has 2 aromatic heterocycles. The minimum absolute atomic E-state index is 0.194. The lowest BCUT2D eigenvalue weighted by Crippen LogP contribution is -2.42. The largest absolute Gasteiger partial charge is 0.339 e. The van der Waals surface area contributed by atoms with Crippen molar-refractivity contribution < 1.29 is 4.79 Å². The topological polar surface area (TPSA) is 56.0 Å². The van der Waals surface area contributed by atoms with Gasteiger partial charge in [0.2, 0.25) is 5.91 Å². The number of likely N-dealkylation sites (tertiary alicyclic amines) is 1. The van der Waals surface area contributed by atoms with E-state index in [-0.39, 0.29) is 5.91 Å². The van der Waals surface area contributed by atoms with Crippen LogP contribution in [0.4, 0.5) is 0 Å².